The summed E-state index contributed by atoms with van der Waals surface area (Å²) in [5, 5.41) is 7.62. The summed E-state index contributed by atoms with van der Waals surface area (Å²) < 4.78 is 0. The van der Waals surface area contributed by atoms with Crippen molar-refractivity contribution in [3.8, 4) is 6.07 Å². The maximum atomic E-state index is 7.62. The summed E-state index contributed by atoms with van der Waals surface area (Å²) in [6, 6.07) is 1.93. The van der Waals surface area contributed by atoms with Crippen molar-refractivity contribution >= 4 is 11.0 Å². The molecule has 0 heterocycles. The van der Waals surface area contributed by atoms with E-state index in [0.29, 0.717) is 6.42 Å². The molecule has 0 amide bonds. The highest BCUT2D eigenvalue weighted by Crippen LogP contribution is 1.58. The molecule has 5 heavy (non-hydrogen) atoms. The molecule has 0 aliphatic heterocycles. The van der Waals surface area contributed by atoms with Crippen molar-refractivity contribution < 1.29 is 0 Å². The van der Waals surface area contributed by atoms with Crippen molar-refractivity contribution in [2.75, 3.05) is 0 Å². The minimum absolute atomic E-state index is 0. The van der Waals surface area contributed by atoms with Crippen molar-refractivity contribution in [3.05, 3.63) is 0 Å². The summed E-state index contributed by atoms with van der Waals surface area (Å²) in [7, 11) is 0. The standard InChI is InChI=1S/C3H5N.H4Si/c1-2-3-4;/h2H2,1H3;1H4. The Morgan fingerprint density at radius 1 is 1.80 bits per heavy atom. The number of hydrogen-bond acceptors (Lipinski definition) is 1. The van der Waals surface area contributed by atoms with Crippen LogP contribution in [0.15, 0.2) is 0 Å². The van der Waals surface area contributed by atoms with Gasteiger partial charge in [-0.25, -0.2) is 0 Å². The molecule has 30 valence electrons. The van der Waals surface area contributed by atoms with E-state index in [9.17, 15) is 0 Å². The third kappa shape index (κ3) is 21.6. The van der Waals surface area contributed by atoms with E-state index in [1.165, 1.54) is 0 Å². The van der Waals surface area contributed by atoms with Gasteiger partial charge >= 0.3 is 0 Å². The Hall–Kier alpha value is -0.293. The first-order valence-electron chi connectivity index (χ1n) is 1.28. The molecule has 0 fully saturated rings. The van der Waals surface area contributed by atoms with Gasteiger partial charge in [-0.05, 0) is 11.0 Å². The average Bonchev–Trinajstić information content (AvgIpc) is 1.37. The molecule has 0 aromatic carbocycles. The fourth-order valence-corrected chi connectivity index (χ4v) is 0. The molecule has 1 nitrogen and oxygen atoms in total. The molecule has 0 radical (unpaired) electrons. The fourth-order valence-electron chi connectivity index (χ4n) is 0. The number of hydrogen-bond donors (Lipinski definition) is 0. The molecule has 0 bridgehead atoms. The molecular formula is C3H9NSi. The number of nitrogens with zero attached hydrogens (tertiary/aromatic N) is 1. The van der Waals surface area contributed by atoms with E-state index < -0.39 is 0 Å². The van der Waals surface area contributed by atoms with Gasteiger partial charge in [-0.1, -0.05) is 6.92 Å². The monoisotopic (exact) mass is 87.1 g/mol. The van der Waals surface area contributed by atoms with Crippen LogP contribution in [0.3, 0.4) is 0 Å². The van der Waals surface area contributed by atoms with Gasteiger partial charge in [0.25, 0.3) is 0 Å². The second-order valence-electron chi connectivity index (χ2n) is 0.512. The van der Waals surface area contributed by atoms with Gasteiger partial charge in [0.1, 0.15) is 0 Å². The maximum absolute atomic E-state index is 7.62. The van der Waals surface area contributed by atoms with Gasteiger partial charge in [-0.3, -0.25) is 0 Å². The Bertz CT molecular complexity index is 36.6. The molecule has 0 unspecified atom stereocenters. The van der Waals surface area contributed by atoms with Crippen molar-refractivity contribution in [1.82, 2.24) is 0 Å². The van der Waals surface area contributed by atoms with E-state index in [1.54, 1.807) is 0 Å². The lowest BCUT2D eigenvalue weighted by molar-refractivity contribution is 1.22. The molecule has 0 atom stereocenters. The van der Waals surface area contributed by atoms with Gasteiger partial charge in [-0.2, -0.15) is 5.26 Å². The van der Waals surface area contributed by atoms with Gasteiger partial charge in [0, 0.05) is 6.42 Å². The molecular weight excluding hydrogens is 78.1 g/mol. The second-order valence-corrected chi connectivity index (χ2v) is 0.512. The third-order valence-corrected chi connectivity index (χ3v) is 0.158. The largest absolute Gasteiger partial charge is 0.198 e. The van der Waals surface area contributed by atoms with E-state index in [-0.39, 0.29) is 11.0 Å². The number of nitriles is 1. The Balaban J connectivity index is 0. The van der Waals surface area contributed by atoms with Gasteiger partial charge < -0.3 is 0 Å². The lowest BCUT2D eigenvalue weighted by Gasteiger charge is -1.47. The maximum Gasteiger partial charge on any atom is 0.0618 e. The van der Waals surface area contributed by atoms with Crippen molar-refractivity contribution in [3.63, 3.8) is 0 Å². The van der Waals surface area contributed by atoms with Gasteiger partial charge in [0.15, 0.2) is 0 Å². The van der Waals surface area contributed by atoms with Crippen LogP contribution < -0.4 is 0 Å². The van der Waals surface area contributed by atoms with E-state index in [0.717, 1.165) is 0 Å². The average molecular weight is 87.2 g/mol. The smallest absolute Gasteiger partial charge is 0.0618 e. The van der Waals surface area contributed by atoms with Crippen molar-refractivity contribution in [2.24, 2.45) is 0 Å². The second kappa shape index (κ2) is 9.32. The first-order chi connectivity index (χ1) is 1.91. The van der Waals surface area contributed by atoms with Crippen LogP contribution in [0.1, 0.15) is 13.3 Å². The van der Waals surface area contributed by atoms with Crippen LogP contribution in [0.5, 0.6) is 0 Å². The van der Waals surface area contributed by atoms with Crippen molar-refractivity contribution in [2.45, 2.75) is 13.3 Å². The summed E-state index contributed by atoms with van der Waals surface area (Å²) >= 11 is 0. The zero-order valence-electron chi connectivity index (χ0n) is 2.65. The molecule has 0 aliphatic carbocycles. The predicted octanol–water partition coefficient (Wildman–Crippen LogP) is -0.532. The highest BCUT2D eigenvalue weighted by molar-refractivity contribution is 5.75. The van der Waals surface area contributed by atoms with Crippen LogP contribution in [-0.4, -0.2) is 11.0 Å². The summed E-state index contributed by atoms with van der Waals surface area (Å²) in [4.78, 5) is 0. The third-order valence-electron chi connectivity index (χ3n) is 0.158. The summed E-state index contributed by atoms with van der Waals surface area (Å²) in [5.74, 6) is 0. The molecule has 0 rings (SSSR count). The molecule has 0 aliphatic rings. The van der Waals surface area contributed by atoms with E-state index in [4.69, 9.17) is 5.26 Å². The Morgan fingerprint density at radius 2 is 2.00 bits per heavy atom. The minimum Gasteiger partial charge on any atom is -0.198 e. The molecule has 0 saturated heterocycles. The highest BCUT2D eigenvalue weighted by atomic mass is 28.1. The van der Waals surface area contributed by atoms with Crippen molar-refractivity contribution in [1.29, 1.82) is 5.26 Å². The molecule has 0 saturated carbocycles. The summed E-state index contributed by atoms with van der Waals surface area (Å²) in [6.07, 6.45) is 0.625. The quantitative estimate of drug-likeness (QED) is 0.364. The van der Waals surface area contributed by atoms with Gasteiger partial charge in [0.05, 0.1) is 6.07 Å². The number of rotatable bonds is 0. The molecule has 0 spiro atoms. The Labute approximate surface area is 36.6 Å². The zero-order valence-corrected chi connectivity index (χ0v) is 2.65. The SMILES string of the molecule is CCC#N.[SiH4]. The van der Waals surface area contributed by atoms with E-state index in [2.05, 4.69) is 0 Å². The van der Waals surface area contributed by atoms with Crippen LogP contribution in [0.2, 0.25) is 0 Å². The topological polar surface area (TPSA) is 23.8 Å². The van der Waals surface area contributed by atoms with E-state index >= 15 is 0 Å². The van der Waals surface area contributed by atoms with Crippen LogP contribution in [-0.2, 0) is 0 Å². The fraction of sp³-hybridized carbons (Fsp3) is 0.667. The summed E-state index contributed by atoms with van der Waals surface area (Å²) in [5.41, 5.74) is 0. The van der Waals surface area contributed by atoms with Gasteiger partial charge in [0.2, 0.25) is 0 Å². The molecule has 0 N–H and O–H groups in total. The van der Waals surface area contributed by atoms with Crippen LogP contribution in [0.4, 0.5) is 0 Å². The Kier molecular flexibility index (Phi) is 16.5. The van der Waals surface area contributed by atoms with E-state index in [1.807, 2.05) is 13.0 Å². The summed E-state index contributed by atoms with van der Waals surface area (Å²) in [6.45, 7) is 1.82. The van der Waals surface area contributed by atoms with Gasteiger partial charge in [-0.15, -0.1) is 0 Å². The molecule has 0 aromatic heterocycles. The predicted molar refractivity (Wildman–Crippen MR) is 27.2 cm³/mol. The first-order valence-corrected chi connectivity index (χ1v) is 1.28. The van der Waals surface area contributed by atoms with Crippen LogP contribution in [0, 0.1) is 11.3 Å². The van der Waals surface area contributed by atoms with Crippen LogP contribution >= 0.6 is 0 Å². The highest BCUT2D eigenvalue weighted by Gasteiger charge is 1.49. The minimum atomic E-state index is 0. The van der Waals surface area contributed by atoms with Crippen LogP contribution in [0.25, 0.3) is 0 Å². The Morgan fingerprint density at radius 3 is 2.00 bits per heavy atom. The molecule has 2 heteroatoms. The zero-order chi connectivity index (χ0) is 3.41. The lowest BCUT2D eigenvalue weighted by Crippen LogP contribution is -1.38. The first kappa shape index (κ1) is 8.83. The molecule has 0 aromatic rings. The normalized spacial score (nSPS) is 4.00. The lowest BCUT2D eigenvalue weighted by atomic mass is 10.6.